The first kappa shape index (κ1) is 10.3. The maximum atomic E-state index is 13.4. The SMILES string of the molecule is NCCC1CC2(CCC2)c2cc(F)ccc21. The van der Waals surface area contributed by atoms with Crippen molar-refractivity contribution in [1.29, 1.82) is 0 Å². The Kier molecular flexibility index (Phi) is 2.28. The molecule has 0 saturated heterocycles. The fourth-order valence-corrected chi connectivity index (χ4v) is 3.57. The molecule has 0 heterocycles. The average Bonchev–Trinajstić information content (AvgIpc) is 2.53. The van der Waals surface area contributed by atoms with Gasteiger partial charge >= 0.3 is 0 Å². The molecule has 1 aromatic rings. The summed E-state index contributed by atoms with van der Waals surface area (Å²) >= 11 is 0. The molecule has 86 valence electrons. The number of fused-ring (bicyclic) bond motifs is 2. The molecule has 3 rings (SSSR count). The molecule has 1 fully saturated rings. The van der Waals surface area contributed by atoms with Crippen molar-refractivity contribution < 1.29 is 4.39 Å². The second-order valence-electron chi connectivity index (χ2n) is 5.34. The van der Waals surface area contributed by atoms with E-state index in [1.807, 2.05) is 6.07 Å². The minimum atomic E-state index is -0.0848. The Balaban J connectivity index is 2.03. The van der Waals surface area contributed by atoms with Crippen LogP contribution in [0.25, 0.3) is 0 Å². The van der Waals surface area contributed by atoms with Crippen LogP contribution in [0.2, 0.25) is 0 Å². The lowest BCUT2D eigenvalue weighted by Gasteiger charge is -2.39. The zero-order chi connectivity index (χ0) is 11.2. The zero-order valence-electron chi connectivity index (χ0n) is 9.51. The number of halogens is 1. The summed E-state index contributed by atoms with van der Waals surface area (Å²) in [7, 11) is 0. The van der Waals surface area contributed by atoms with E-state index in [1.165, 1.54) is 36.8 Å². The number of nitrogens with two attached hydrogens (primary N) is 1. The van der Waals surface area contributed by atoms with Gasteiger partial charge in [-0.15, -0.1) is 0 Å². The molecule has 0 radical (unpaired) electrons. The average molecular weight is 219 g/mol. The lowest BCUT2D eigenvalue weighted by atomic mass is 9.65. The highest BCUT2D eigenvalue weighted by Gasteiger charge is 2.47. The molecule has 2 aliphatic carbocycles. The van der Waals surface area contributed by atoms with Crippen LogP contribution in [-0.2, 0) is 5.41 Å². The van der Waals surface area contributed by atoms with Crippen molar-refractivity contribution in [2.45, 2.75) is 43.4 Å². The predicted octanol–water partition coefficient (Wildman–Crippen LogP) is 3.08. The van der Waals surface area contributed by atoms with E-state index >= 15 is 0 Å². The molecular formula is C14H18FN. The number of hydrogen-bond acceptors (Lipinski definition) is 1. The molecule has 1 atom stereocenters. The van der Waals surface area contributed by atoms with Gasteiger partial charge in [0.1, 0.15) is 5.82 Å². The topological polar surface area (TPSA) is 26.0 Å². The van der Waals surface area contributed by atoms with Gasteiger partial charge in [0.2, 0.25) is 0 Å². The van der Waals surface area contributed by atoms with Gasteiger partial charge in [-0.2, -0.15) is 0 Å². The van der Waals surface area contributed by atoms with E-state index in [1.54, 1.807) is 12.1 Å². The summed E-state index contributed by atoms with van der Waals surface area (Å²) in [5, 5.41) is 0. The van der Waals surface area contributed by atoms with Crippen molar-refractivity contribution >= 4 is 0 Å². The first-order valence-corrected chi connectivity index (χ1v) is 6.25. The standard InChI is InChI=1S/C14H18FN/c15-11-2-3-12-10(4-7-16)9-14(5-1-6-14)13(12)8-11/h2-3,8,10H,1,4-7,9,16H2. The Labute approximate surface area is 95.8 Å². The maximum Gasteiger partial charge on any atom is 0.123 e. The molecule has 1 aromatic carbocycles. The fraction of sp³-hybridized carbons (Fsp3) is 0.571. The number of rotatable bonds is 2. The second kappa shape index (κ2) is 3.56. The van der Waals surface area contributed by atoms with Gasteiger partial charge in [-0.05, 0) is 66.8 Å². The van der Waals surface area contributed by atoms with Gasteiger partial charge in [0.25, 0.3) is 0 Å². The van der Waals surface area contributed by atoms with Crippen LogP contribution in [0, 0.1) is 5.82 Å². The first-order chi connectivity index (χ1) is 7.75. The van der Waals surface area contributed by atoms with E-state index in [0.717, 1.165) is 13.0 Å². The van der Waals surface area contributed by atoms with Crippen LogP contribution < -0.4 is 5.73 Å². The predicted molar refractivity (Wildman–Crippen MR) is 63.0 cm³/mol. The van der Waals surface area contributed by atoms with E-state index in [2.05, 4.69) is 0 Å². The molecule has 2 aliphatic rings. The molecule has 0 bridgehead atoms. The number of hydrogen-bond donors (Lipinski definition) is 1. The third-order valence-electron chi connectivity index (χ3n) is 4.49. The van der Waals surface area contributed by atoms with E-state index in [4.69, 9.17) is 5.73 Å². The summed E-state index contributed by atoms with van der Waals surface area (Å²) in [4.78, 5) is 0. The van der Waals surface area contributed by atoms with E-state index < -0.39 is 0 Å². The summed E-state index contributed by atoms with van der Waals surface area (Å²) in [6.07, 6.45) is 6.02. The molecular weight excluding hydrogens is 201 g/mol. The third-order valence-corrected chi connectivity index (χ3v) is 4.49. The van der Waals surface area contributed by atoms with Crippen molar-refractivity contribution in [1.82, 2.24) is 0 Å². The lowest BCUT2D eigenvalue weighted by Crippen LogP contribution is -2.31. The molecule has 2 N–H and O–H groups in total. The molecule has 1 saturated carbocycles. The minimum absolute atomic E-state index is 0.0848. The monoisotopic (exact) mass is 219 g/mol. The molecule has 16 heavy (non-hydrogen) atoms. The van der Waals surface area contributed by atoms with Gasteiger partial charge in [-0.1, -0.05) is 12.5 Å². The van der Waals surface area contributed by atoms with Gasteiger partial charge in [0, 0.05) is 0 Å². The Morgan fingerprint density at radius 3 is 2.81 bits per heavy atom. The Bertz CT molecular complexity index is 409. The maximum absolute atomic E-state index is 13.4. The highest BCUT2D eigenvalue weighted by Crippen LogP contribution is 2.57. The summed E-state index contributed by atoms with van der Waals surface area (Å²) in [6, 6.07) is 5.35. The normalized spacial score (nSPS) is 25.5. The molecule has 2 heteroatoms. The molecule has 0 aromatic heterocycles. The van der Waals surface area contributed by atoms with E-state index in [9.17, 15) is 4.39 Å². The Morgan fingerprint density at radius 2 is 2.19 bits per heavy atom. The second-order valence-corrected chi connectivity index (χ2v) is 5.34. The Morgan fingerprint density at radius 1 is 1.38 bits per heavy atom. The van der Waals surface area contributed by atoms with Crippen molar-refractivity contribution in [2.75, 3.05) is 6.54 Å². The van der Waals surface area contributed by atoms with E-state index in [0.29, 0.717) is 11.3 Å². The number of benzene rings is 1. The third kappa shape index (κ3) is 1.32. The van der Waals surface area contributed by atoms with E-state index in [-0.39, 0.29) is 5.82 Å². The van der Waals surface area contributed by atoms with Crippen LogP contribution in [0.4, 0.5) is 4.39 Å². The van der Waals surface area contributed by atoms with Crippen LogP contribution in [0.15, 0.2) is 18.2 Å². The summed E-state index contributed by atoms with van der Waals surface area (Å²) in [5.74, 6) is 0.485. The highest BCUT2D eigenvalue weighted by atomic mass is 19.1. The van der Waals surface area contributed by atoms with Crippen molar-refractivity contribution in [3.63, 3.8) is 0 Å². The van der Waals surface area contributed by atoms with Crippen LogP contribution >= 0.6 is 0 Å². The summed E-state index contributed by atoms with van der Waals surface area (Å²) in [6.45, 7) is 0.734. The largest absolute Gasteiger partial charge is 0.330 e. The smallest absolute Gasteiger partial charge is 0.123 e. The van der Waals surface area contributed by atoms with Crippen LogP contribution in [0.3, 0.4) is 0 Å². The molecule has 1 nitrogen and oxygen atoms in total. The molecule has 0 amide bonds. The van der Waals surface area contributed by atoms with Crippen molar-refractivity contribution in [3.05, 3.63) is 35.1 Å². The molecule has 0 aliphatic heterocycles. The lowest BCUT2D eigenvalue weighted by molar-refractivity contribution is 0.230. The summed E-state index contributed by atoms with van der Waals surface area (Å²) in [5.41, 5.74) is 8.64. The molecule has 1 unspecified atom stereocenters. The summed E-state index contributed by atoms with van der Waals surface area (Å²) < 4.78 is 13.4. The first-order valence-electron chi connectivity index (χ1n) is 6.25. The molecule has 1 spiro atoms. The van der Waals surface area contributed by atoms with Crippen LogP contribution in [0.1, 0.15) is 49.1 Å². The fourth-order valence-electron chi connectivity index (χ4n) is 3.57. The van der Waals surface area contributed by atoms with Crippen LogP contribution in [-0.4, -0.2) is 6.54 Å². The van der Waals surface area contributed by atoms with Gasteiger partial charge in [0.15, 0.2) is 0 Å². The Hall–Kier alpha value is -0.890. The van der Waals surface area contributed by atoms with Gasteiger partial charge in [0.05, 0.1) is 0 Å². The zero-order valence-corrected chi connectivity index (χ0v) is 9.51. The van der Waals surface area contributed by atoms with Crippen molar-refractivity contribution in [2.24, 2.45) is 5.73 Å². The van der Waals surface area contributed by atoms with Crippen molar-refractivity contribution in [3.8, 4) is 0 Å². The van der Waals surface area contributed by atoms with Crippen LogP contribution in [0.5, 0.6) is 0 Å². The van der Waals surface area contributed by atoms with Gasteiger partial charge < -0.3 is 5.73 Å². The quantitative estimate of drug-likeness (QED) is 0.812. The minimum Gasteiger partial charge on any atom is -0.330 e. The van der Waals surface area contributed by atoms with Gasteiger partial charge in [-0.25, -0.2) is 4.39 Å². The van der Waals surface area contributed by atoms with Gasteiger partial charge in [-0.3, -0.25) is 0 Å². The highest BCUT2D eigenvalue weighted by molar-refractivity contribution is 5.44.